The molecule has 0 saturated carbocycles. The third kappa shape index (κ3) is 2.68. The van der Waals surface area contributed by atoms with Gasteiger partial charge in [0, 0.05) is 10.7 Å². The Bertz CT molecular complexity index is 342. The van der Waals surface area contributed by atoms with Gasteiger partial charge in [0.1, 0.15) is 12.2 Å². The summed E-state index contributed by atoms with van der Waals surface area (Å²) in [7, 11) is 0. The molecule has 1 aromatic rings. The van der Waals surface area contributed by atoms with E-state index in [1.54, 1.807) is 0 Å². The first kappa shape index (κ1) is 10.9. The van der Waals surface area contributed by atoms with Gasteiger partial charge in [-0.15, -0.1) is 0 Å². The summed E-state index contributed by atoms with van der Waals surface area (Å²) in [5.74, 6) is -1.11. The Balaban J connectivity index is 2.96. The second kappa shape index (κ2) is 4.92. The van der Waals surface area contributed by atoms with Gasteiger partial charge in [-0.2, -0.15) is 0 Å². The van der Waals surface area contributed by atoms with E-state index in [4.69, 9.17) is 14.9 Å². The molecule has 2 N–H and O–H groups in total. The molecule has 1 aromatic heterocycles. The summed E-state index contributed by atoms with van der Waals surface area (Å²) >= 11 is 3.10. The highest BCUT2D eigenvalue weighted by molar-refractivity contribution is 9.10. The summed E-state index contributed by atoms with van der Waals surface area (Å²) in [6, 6.07) is 1.39. The lowest BCUT2D eigenvalue weighted by molar-refractivity contribution is 0.0689. The molecule has 0 fully saturated rings. The van der Waals surface area contributed by atoms with Crippen LogP contribution in [0.1, 0.15) is 10.4 Å². The number of nitrogens with zero attached hydrogens (tertiary/aromatic N) is 1. The van der Waals surface area contributed by atoms with Gasteiger partial charge in [-0.3, -0.25) is 0 Å². The maximum Gasteiger partial charge on any atom is 0.341 e. The first-order valence-corrected chi connectivity index (χ1v) is 4.57. The number of carbonyl (C=O) groups is 1. The molecule has 0 aliphatic rings. The lowest BCUT2D eigenvalue weighted by Crippen LogP contribution is -2.08. The van der Waals surface area contributed by atoms with E-state index in [2.05, 4.69) is 20.9 Å². The topological polar surface area (TPSA) is 79.7 Å². The van der Waals surface area contributed by atoms with E-state index in [1.807, 2.05) is 0 Å². The average molecular weight is 262 g/mol. The molecular weight excluding hydrogens is 254 g/mol. The van der Waals surface area contributed by atoms with Crippen molar-refractivity contribution in [2.24, 2.45) is 0 Å². The van der Waals surface area contributed by atoms with E-state index < -0.39 is 5.97 Å². The molecule has 0 amide bonds. The minimum atomic E-state index is -1.12. The molecule has 6 heteroatoms. The first-order valence-electron chi connectivity index (χ1n) is 3.77. The van der Waals surface area contributed by atoms with Crippen LogP contribution in [-0.2, 0) is 0 Å². The fourth-order valence-electron chi connectivity index (χ4n) is 0.837. The number of hydrogen-bond acceptors (Lipinski definition) is 4. The summed E-state index contributed by atoms with van der Waals surface area (Å²) < 4.78 is 5.50. The first-order chi connectivity index (χ1) is 6.65. The van der Waals surface area contributed by atoms with Gasteiger partial charge in [-0.05, 0) is 22.0 Å². The van der Waals surface area contributed by atoms with Gasteiger partial charge < -0.3 is 14.9 Å². The van der Waals surface area contributed by atoms with Crippen molar-refractivity contribution >= 4 is 21.9 Å². The third-order valence-electron chi connectivity index (χ3n) is 1.38. The predicted molar refractivity (Wildman–Crippen MR) is 51.5 cm³/mol. The number of hydrogen-bond donors (Lipinski definition) is 2. The molecule has 76 valence electrons. The highest BCUT2D eigenvalue weighted by Gasteiger charge is 2.12. The molecule has 0 unspecified atom stereocenters. The van der Waals surface area contributed by atoms with Crippen LogP contribution in [-0.4, -0.2) is 34.4 Å². The largest absolute Gasteiger partial charge is 0.477 e. The Hall–Kier alpha value is -1.14. The number of pyridine rings is 1. The molecule has 0 radical (unpaired) electrons. The van der Waals surface area contributed by atoms with Crippen LogP contribution in [0.4, 0.5) is 0 Å². The number of aliphatic hydroxyl groups is 1. The van der Waals surface area contributed by atoms with Crippen LogP contribution < -0.4 is 4.74 Å². The zero-order chi connectivity index (χ0) is 10.6. The van der Waals surface area contributed by atoms with Crippen molar-refractivity contribution < 1.29 is 19.7 Å². The minimum absolute atomic E-state index is 0.00903. The number of rotatable bonds is 4. The summed E-state index contributed by atoms with van der Waals surface area (Å²) in [6.07, 6.45) is 1.43. The van der Waals surface area contributed by atoms with Gasteiger partial charge in [-0.1, -0.05) is 0 Å². The van der Waals surface area contributed by atoms with Crippen molar-refractivity contribution in [1.29, 1.82) is 0 Å². The standard InChI is InChI=1S/C8H8BrNO4/c9-5-3-6(8(12)13)7(10-4-5)14-2-1-11/h3-4,11H,1-2H2,(H,12,13). The lowest BCUT2D eigenvalue weighted by atomic mass is 10.3. The molecule has 0 atom stereocenters. The van der Waals surface area contributed by atoms with E-state index in [1.165, 1.54) is 12.3 Å². The van der Waals surface area contributed by atoms with Crippen LogP contribution in [0, 0.1) is 0 Å². The fourth-order valence-corrected chi connectivity index (χ4v) is 1.17. The van der Waals surface area contributed by atoms with E-state index in [-0.39, 0.29) is 24.7 Å². The Morgan fingerprint density at radius 1 is 1.64 bits per heavy atom. The number of aliphatic hydroxyl groups excluding tert-OH is 1. The van der Waals surface area contributed by atoms with Crippen LogP contribution in [0.15, 0.2) is 16.7 Å². The zero-order valence-corrected chi connectivity index (χ0v) is 8.69. The minimum Gasteiger partial charge on any atom is -0.477 e. The number of carboxylic acid groups (broad SMARTS) is 1. The summed E-state index contributed by atoms with van der Waals surface area (Å²) in [5, 5.41) is 17.3. The molecule has 14 heavy (non-hydrogen) atoms. The van der Waals surface area contributed by atoms with Crippen LogP contribution in [0.3, 0.4) is 0 Å². The Labute approximate surface area is 88.5 Å². The number of halogens is 1. The zero-order valence-electron chi connectivity index (χ0n) is 7.11. The second-order valence-electron chi connectivity index (χ2n) is 2.38. The molecule has 0 saturated heterocycles. The monoisotopic (exact) mass is 261 g/mol. The summed E-state index contributed by atoms with van der Waals surface area (Å²) in [4.78, 5) is 14.5. The number of aromatic carboxylic acids is 1. The van der Waals surface area contributed by atoms with Crippen LogP contribution >= 0.6 is 15.9 Å². The van der Waals surface area contributed by atoms with Crippen molar-refractivity contribution in [1.82, 2.24) is 4.98 Å². The molecule has 0 spiro atoms. The van der Waals surface area contributed by atoms with Crippen molar-refractivity contribution in [2.75, 3.05) is 13.2 Å². The molecule has 0 aliphatic carbocycles. The van der Waals surface area contributed by atoms with E-state index in [9.17, 15) is 4.79 Å². The van der Waals surface area contributed by atoms with Crippen molar-refractivity contribution in [2.45, 2.75) is 0 Å². The van der Waals surface area contributed by atoms with Gasteiger partial charge in [0.2, 0.25) is 5.88 Å². The highest BCUT2D eigenvalue weighted by atomic mass is 79.9. The number of aromatic nitrogens is 1. The number of ether oxygens (including phenoxy) is 1. The smallest absolute Gasteiger partial charge is 0.341 e. The van der Waals surface area contributed by atoms with Crippen molar-refractivity contribution in [3.63, 3.8) is 0 Å². The Kier molecular flexibility index (Phi) is 3.84. The van der Waals surface area contributed by atoms with Crippen molar-refractivity contribution in [3.8, 4) is 5.88 Å². The summed E-state index contributed by atoms with van der Waals surface area (Å²) in [6.45, 7) is -0.161. The van der Waals surface area contributed by atoms with Crippen molar-refractivity contribution in [3.05, 3.63) is 22.3 Å². The average Bonchev–Trinajstić information content (AvgIpc) is 2.15. The molecule has 0 aliphatic heterocycles. The molecule has 5 nitrogen and oxygen atoms in total. The summed E-state index contributed by atoms with van der Waals surface area (Å²) in [5.41, 5.74) is -0.0344. The number of carboxylic acids is 1. The van der Waals surface area contributed by atoms with Gasteiger partial charge in [0.15, 0.2) is 0 Å². The fraction of sp³-hybridized carbons (Fsp3) is 0.250. The Morgan fingerprint density at radius 2 is 2.36 bits per heavy atom. The molecule has 0 bridgehead atoms. The molecule has 0 aromatic carbocycles. The maximum absolute atomic E-state index is 10.7. The van der Waals surface area contributed by atoms with Gasteiger partial charge in [-0.25, -0.2) is 9.78 Å². The third-order valence-corrected chi connectivity index (χ3v) is 1.81. The van der Waals surface area contributed by atoms with Crippen LogP contribution in [0.25, 0.3) is 0 Å². The maximum atomic E-state index is 10.7. The van der Waals surface area contributed by atoms with Gasteiger partial charge >= 0.3 is 5.97 Å². The lowest BCUT2D eigenvalue weighted by Gasteiger charge is -2.06. The van der Waals surface area contributed by atoms with E-state index >= 15 is 0 Å². The van der Waals surface area contributed by atoms with Crippen LogP contribution in [0.5, 0.6) is 5.88 Å². The quantitative estimate of drug-likeness (QED) is 0.843. The molecule has 1 heterocycles. The van der Waals surface area contributed by atoms with Gasteiger partial charge in [0.05, 0.1) is 6.61 Å². The van der Waals surface area contributed by atoms with Crippen LogP contribution in [0.2, 0.25) is 0 Å². The highest BCUT2D eigenvalue weighted by Crippen LogP contribution is 2.19. The molecule has 1 rings (SSSR count). The SMILES string of the molecule is O=C(O)c1cc(Br)cnc1OCCO. The van der Waals surface area contributed by atoms with Gasteiger partial charge in [0.25, 0.3) is 0 Å². The predicted octanol–water partition coefficient (Wildman–Crippen LogP) is 0.913. The second-order valence-corrected chi connectivity index (χ2v) is 3.30. The van der Waals surface area contributed by atoms with E-state index in [0.717, 1.165) is 0 Å². The molecular formula is C8H8BrNO4. The van der Waals surface area contributed by atoms with E-state index in [0.29, 0.717) is 4.47 Å². The normalized spacial score (nSPS) is 9.86. The Morgan fingerprint density at radius 3 is 2.93 bits per heavy atom.